The molecule has 0 aromatic carbocycles. The molecule has 0 saturated heterocycles. The van der Waals surface area contributed by atoms with E-state index < -0.39 is 63.1 Å². The molecule has 6 unspecified atom stereocenters. The molecule has 0 aliphatic heterocycles. The molecule has 1 aliphatic carbocycles. The number of aliphatic hydroxyl groups is 5. The second-order valence-electron chi connectivity index (χ2n) is 17.3. The van der Waals surface area contributed by atoms with Crippen LogP contribution >= 0.6 is 7.82 Å². The molecule has 1 aliphatic rings. The first-order valence-electron chi connectivity index (χ1n) is 26.3. The van der Waals surface area contributed by atoms with Gasteiger partial charge in [-0.3, -0.25) is 13.8 Å². The van der Waals surface area contributed by atoms with Crippen molar-refractivity contribution < 1.29 is 58.3 Å². The zero-order chi connectivity index (χ0) is 52.6. The van der Waals surface area contributed by atoms with Crippen LogP contribution < -0.4 is 0 Å². The first kappa shape index (κ1) is 66.0. The van der Waals surface area contributed by atoms with Crippen LogP contribution in [0.5, 0.6) is 0 Å². The molecule has 0 aromatic heterocycles. The van der Waals surface area contributed by atoms with Crippen molar-refractivity contribution in [2.45, 2.75) is 185 Å². The fourth-order valence-corrected chi connectivity index (χ4v) is 7.78. The highest BCUT2D eigenvalue weighted by Gasteiger charge is 2.51. The van der Waals surface area contributed by atoms with Crippen LogP contribution in [0.15, 0.2) is 158 Å². The highest BCUT2D eigenvalue weighted by atomic mass is 31.2. The van der Waals surface area contributed by atoms with Crippen LogP contribution in [0.3, 0.4) is 0 Å². The van der Waals surface area contributed by atoms with Gasteiger partial charge in [0.25, 0.3) is 0 Å². The summed E-state index contributed by atoms with van der Waals surface area (Å²) in [7, 11) is -5.06. The first-order valence-corrected chi connectivity index (χ1v) is 27.8. The van der Waals surface area contributed by atoms with E-state index in [2.05, 4.69) is 172 Å². The summed E-state index contributed by atoms with van der Waals surface area (Å²) in [6.45, 7) is 3.85. The van der Waals surface area contributed by atoms with Crippen molar-refractivity contribution in [1.82, 2.24) is 0 Å². The molecule has 0 aromatic rings. The molecule has 0 amide bonds. The lowest BCUT2D eigenvalue weighted by atomic mass is 9.85. The smallest absolute Gasteiger partial charge is 0.457 e. The van der Waals surface area contributed by atoms with E-state index in [-0.39, 0.29) is 13.0 Å². The molecule has 1 saturated carbocycles. The van der Waals surface area contributed by atoms with Crippen LogP contribution in [0.25, 0.3) is 0 Å². The highest BCUT2D eigenvalue weighted by molar-refractivity contribution is 7.47. The number of hydrogen-bond acceptors (Lipinski definition) is 11. The lowest BCUT2D eigenvalue weighted by molar-refractivity contribution is -0.220. The van der Waals surface area contributed by atoms with E-state index in [9.17, 15) is 39.8 Å². The summed E-state index contributed by atoms with van der Waals surface area (Å²) < 4.78 is 34.2. The fraction of sp³-hybridized carbons (Fsp3) is 0.542. The Morgan fingerprint density at radius 2 is 0.764 bits per heavy atom. The van der Waals surface area contributed by atoms with Gasteiger partial charge in [-0.05, 0) is 122 Å². The van der Waals surface area contributed by atoms with Gasteiger partial charge in [0.15, 0.2) is 0 Å². The summed E-state index contributed by atoms with van der Waals surface area (Å²) in [6.07, 6.45) is 60.2. The second-order valence-corrected chi connectivity index (χ2v) is 18.7. The van der Waals surface area contributed by atoms with E-state index in [4.69, 9.17) is 18.5 Å². The quantitative estimate of drug-likeness (QED) is 0.0147. The van der Waals surface area contributed by atoms with Gasteiger partial charge in [0.2, 0.25) is 0 Å². The summed E-state index contributed by atoms with van der Waals surface area (Å²) in [5.41, 5.74) is 0. The van der Waals surface area contributed by atoms with Crippen LogP contribution in [-0.2, 0) is 27.9 Å². The Morgan fingerprint density at radius 1 is 0.444 bits per heavy atom. The number of phosphoric ester groups is 1. The minimum Gasteiger partial charge on any atom is -0.457 e. The van der Waals surface area contributed by atoms with Crippen molar-refractivity contribution in [3.05, 3.63) is 158 Å². The number of phosphoric acid groups is 1. The number of carbonyl (C=O) groups excluding carboxylic acids is 1. The number of rotatable bonds is 42. The molecule has 13 heteroatoms. The third-order valence-corrected chi connectivity index (χ3v) is 11.9. The lowest BCUT2D eigenvalue weighted by Gasteiger charge is -2.41. The van der Waals surface area contributed by atoms with E-state index in [0.717, 1.165) is 116 Å². The molecule has 12 nitrogen and oxygen atoms in total. The Kier molecular flexibility index (Phi) is 42.8. The van der Waals surface area contributed by atoms with Crippen molar-refractivity contribution >= 4 is 13.8 Å². The van der Waals surface area contributed by atoms with Crippen molar-refractivity contribution in [2.24, 2.45) is 0 Å². The van der Waals surface area contributed by atoms with Crippen molar-refractivity contribution in [3.8, 4) is 0 Å². The van der Waals surface area contributed by atoms with Crippen LogP contribution in [0, 0.1) is 0 Å². The van der Waals surface area contributed by atoms with Gasteiger partial charge >= 0.3 is 13.8 Å². The monoisotopic (exact) mass is 1020 g/mol. The Labute approximate surface area is 433 Å². The molecule has 72 heavy (non-hydrogen) atoms. The number of ether oxygens (including phenoxy) is 2. The molecule has 1 rings (SSSR count). The number of hydrogen-bond donors (Lipinski definition) is 6. The molecular formula is C59H91O12P. The lowest BCUT2D eigenvalue weighted by Crippen LogP contribution is -2.64. The van der Waals surface area contributed by atoms with Gasteiger partial charge in [0, 0.05) is 13.0 Å². The highest BCUT2D eigenvalue weighted by Crippen LogP contribution is 2.47. The summed E-state index contributed by atoms with van der Waals surface area (Å²) in [6, 6.07) is 0. The largest absolute Gasteiger partial charge is 0.472 e. The van der Waals surface area contributed by atoms with Crippen LogP contribution in [0.2, 0.25) is 0 Å². The summed E-state index contributed by atoms with van der Waals surface area (Å²) >= 11 is 0. The predicted octanol–water partition coefficient (Wildman–Crippen LogP) is 12.3. The Hall–Kier alpha value is -4.04. The number of unbranched alkanes of at least 4 members (excludes halogenated alkanes) is 4. The summed E-state index contributed by atoms with van der Waals surface area (Å²) in [5.74, 6) is -0.543. The molecule has 6 atom stereocenters. The molecular weight excluding hydrogens is 932 g/mol. The second kappa shape index (κ2) is 46.7. The first-order chi connectivity index (χ1) is 35.0. The molecule has 0 radical (unpaired) electrons. The molecule has 0 heterocycles. The predicted molar refractivity (Wildman–Crippen MR) is 294 cm³/mol. The number of allylic oxidation sites excluding steroid dienone is 26. The van der Waals surface area contributed by atoms with E-state index in [1.807, 2.05) is 0 Å². The van der Waals surface area contributed by atoms with E-state index in [0.29, 0.717) is 13.0 Å². The zero-order valence-electron chi connectivity index (χ0n) is 43.4. The standard InChI is InChI=1S/C59H91O12P/c1-3-5-7-9-11-13-15-17-19-21-23-25-26-27-29-31-33-35-37-39-41-43-45-47-49-68-50-52(51-69-72(66,67)71-59-57(64)55(62)54(61)56(63)58(59)65)70-53(60)48-46-44-42-40-38-36-34-32-30-28-24-22-20-18-16-14-12-10-8-6-4-2/h5-8,11-14,17-20,23-25,27-29,32-35,38-41,52,54-59,61-65H,3-4,9-10,15-16,21-22,26,30-31,36-37,42-51H2,1-2H3,(H,66,67)/b7-5-,8-6-,13-11-,14-12-,19-17-,20-18-,25-23-,28-24-,29-27-,34-32-,35-33-,40-38-,41-39-. The van der Waals surface area contributed by atoms with E-state index in [1.165, 1.54) is 0 Å². The molecule has 0 bridgehead atoms. The number of aliphatic hydroxyl groups excluding tert-OH is 5. The van der Waals surface area contributed by atoms with Gasteiger partial charge < -0.3 is 39.9 Å². The normalized spacial score (nSPS) is 21.9. The molecule has 404 valence electrons. The van der Waals surface area contributed by atoms with Gasteiger partial charge in [-0.2, -0.15) is 0 Å². The van der Waals surface area contributed by atoms with Crippen LogP contribution in [-0.4, -0.2) is 98.9 Å². The maximum absolute atomic E-state index is 12.9. The fourth-order valence-electron chi connectivity index (χ4n) is 6.81. The maximum Gasteiger partial charge on any atom is 0.472 e. The minimum absolute atomic E-state index is 0.107. The average molecular weight is 1020 g/mol. The van der Waals surface area contributed by atoms with Gasteiger partial charge in [-0.15, -0.1) is 0 Å². The Bertz CT molecular complexity index is 1790. The van der Waals surface area contributed by atoms with Crippen molar-refractivity contribution in [3.63, 3.8) is 0 Å². The minimum atomic E-state index is -5.06. The van der Waals surface area contributed by atoms with Crippen LogP contribution in [0.4, 0.5) is 0 Å². The van der Waals surface area contributed by atoms with Crippen LogP contribution in [0.1, 0.15) is 142 Å². The van der Waals surface area contributed by atoms with Gasteiger partial charge in [-0.1, -0.05) is 172 Å². The van der Waals surface area contributed by atoms with Gasteiger partial charge in [-0.25, -0.2) is 4.57 Å². The maximum atomic E-state index is 12.9. The summed E-state index contributed by atoms with van der Waals surface area (Å²) in [4.78, 5) is 23.3. The number of esters is 1. The Balaban J connectivity index is 2.44. The molecule has 6 N–H and O–H groups in total. The topological polar surface area (TPSA) is 192 Å². The van der Waals surface area contributed by atoms with Crippen molar-refractivity contribution in [2.75, 3.05) is 19.8 Å². The third-order valence-electron chi connectivity index (χ3n) is 10.9. The number of carbonyl (C=O) groups is 1. The van der Waals surface area contributed by atoms with Gasteiger partial charge in [0.1, 0.15) is 42.7 Å². The van der Waals surface area contributed by atoms with Gasteiger partial charge in [0.05, 0.1) is 13.2 Å². The van der Waals surface area contributed by atoms with E-state index in [1.54, 1.807) is 0 Å². The Morgan fingerprint density at radius 3 is 1.12 bits per heavy atom. The van der Waals surface area contributed by atoms with Crippen molar-refractivity contribution in [1.29, 1.82) is 0 Å². The average Bonchev–Trinajstić information content (AvgIpc) is 3.37. The molecule has 1 fully saturated rings. The third kappa shape index (κ3) is 37.7. The zero-order valence-corrected chi connectivity index (χ0v) is 44.3. The SMILES string of the molecule is CC/C=C\C/C=C\C/C=C\C/C=C\C/C=C\C/C=C\C/C=C\CCCCOCC(COP(=O)(O)OC1C(O)C(O)C(O)C(O)C1O)OC(=O)CCCC/C=C\C/C=C\C/C=C\C/C=C\C/C=C\C/C=C\CC. The summed E-state index contributed by atoms with van der Waals surface area (Å²) in [5, 5.41) is 50.4. The molecule has 0 spiro atoms. The van der Waals surface area contributed by atoms with E-state index >= 15 is 0 Å².